The van der Waals surface area contributed by atoms with Gasteiger partial charge in [0.15, 0.2) is 6.09 Å². The van der Waals surface area contributed by atoms with E-state index in [0.29, 0.717) is 32.5 Å². The Hall–Kier alpha value is -1.88. The molecule has 0 bridgehead atoms. The molecule has 2 rings (SSSR count). The summed E-state index contributed by atoms with van der Waals surface area (Å²) >= 11 is 0. The van der Waals surface area contributed by atoms with E-state index in [4.69, 9.17) is 0 Å². The van der Waals surface area contributed by atoms with E-state index in [-0.39, 0.29) is 10.4 Å². The molecule has 0 spiro atoms. The summed E-state index contributed by atoms with van der Waals surface area (Å²) in [5, 5.41) is 10.8. The quantitative estimate of drug-likeness (QED) is 0.778. The van der Waals surface area contributed by atoms with Crippen molar-refractivity contribution < 1.29 is 19.3 Å². The van der Waals surface area contributed by atoms with Gasteiger partial charge in [0, 0.05) is 5.56 Å². The van der Waals surface area contributed by atoms with E-state index < -0.39 is 6.09 Å². The number of nitrogens with zero attached hydrogens (tertiary/aromatic N) is 1. The molecule has 1 aromatic rings. The summed E-state index contributed by atoms with van der Waals surface area (Å²) in [6.45, 7) is 1.52. The third-order valence-electron chi connectivity index (χ3n) is 3.29. The van der Waals surface area contributed by atoms with Crippen LogP contribution in [0.25, 0.3) is 0 Å². The van der Waals surface area contributed by atoms with Crippen LogP contribution in [0.4, 0.5) is 4.79 Å². The SMILES string of the molecule is O=C1CC[N+](Cc2ccccc2)(NC(=O)[O-])CC1. The molecule has 1 heterocycles. The molecule has 1 aliphatic rings. The van der Waals surface area contributed by atoms with Gasteiger partial charge in [0.05, 0.1) is 12.8 Å². The topological polar surface area (TPSA) is 69.2 Å². The monoisotopic (exact) mass is 248 g/mol. The van der Waals surface area contributed by atoms with Crippen LogP contribution in [-0.4, -0.2) is 29.6 Å². The highest BCUT2D eigenvalue weighted by molar-refractivity contribution is 5.79. The second-order valence-electron chi connectivity index (χ2n) is 4.67. The Labute approximate surface area is 106 Å². The fourth-order valence-electron chi connectivity index (χ4n) is 2.35. The number of benzene rings is 1. The number of carbonyl (C=O) groups excluding carboxylic acids is 2. The van der Waals surface area contributed by atoms with Crippen molar-refractivity contribution in [2.75, 3.05) is 13.1 Å². The van der Waals surface area contributed by atoms with E-state index in [1.807, 2.05) is 30.3 Å². The van der Waals surface area contributed by atoms with Crippen LogP contribution in [0.1, 0.15) is 18.4 Å². The first-order chi connectivity index (χ1) is 8.60. The standard InChI is InChI=1S/C13H16N2O3/c16-12-6-8-15(9-7-12,14-13(17)18)10-11-4-2-1-3-5-11/h1-5,14H,6-10H2. The Bertz CT molecular complexity index is 435. The van der Waals surface area contributed by atoms with Crippen molar-refractivity contribution in [2.45, 2.75) is 19.4 Å². The van der Waals surface area contributed by atoms with Crippen molar-refractivity contribution in [1.82, 2.24) is 5.43 Å². The number of likely N-dealkylation sites (tertiary alicyclic amines) is 1. The first kappa shape index (κ1) is 12.6. The third kappa shape index (κ3) is 3.07. The number of Topliss-reactive ketones (excluding diaryl/α,β-unsaturated/α-hetero) is 1. The van der Waals surface area contributed by atoms with Crippen LogP contribution in [-0.2, 0) is 11.3 Å². The summed E-state index contributed by atoms with van der Waals surface area (Å²) in [6.07, 6.45) is -0.472. The number of carboxylic acid groups (broad SMARTS) is 1. The van der Waals surface area contributed by atoms with Crippen LogP contribution in [0.2, 0.25) is 0 Å². The van der Waals surface area contributed by atoms with Gasteiger partial charge in [-0.2, -0.15) is 0 Å². The zero-order valence-electron chi connectivity index (χ0n) is 10.1. The number of amides is 1. The molecule has 1 amide bonds. The minimum atomic E-state index is -1.29. The molecule has 0 unspecified atom stereocenters. The number of hydrogen-bond acceptors (Lipinski definition) is 3. The number of nitrogens with one attached hydrogen (secondary N) is 1. The number of piperidine rings is 1. The lowest BCUT2D eigenvalue weighted by atomic mass is 10.1. The van der Waals surface area contributed by atoms with E-state index in [1.165, 1.54) is 0 Å². The molecule has 0 radical (unpaired) electrons. The number of rotatable bonds is 3. The molecule has 0 aliphatic carbocycles. The molecule has 1 fully saturated rings. The molecule has 1 N–H and O–H groups in total. The molecule has 1 aromatic carbocycles. The Morgan fingerprint density at radius 2 is 1.83 bits per heavy atom. The average Bonchev–Trinajstić information content (AvgIpc) is 2.34. The molecule has 5 heteroatoms. The Morgan fingerprint density at radius 3 is 2.39 bits per heavy atom. The molecule has 18 heavy (non-hydrogen) atoms. The molecule has 0 aromatic heterocycles. The van der Waals surface area contributed by atoms with Crippen molar-refractivity contribution >= 4 is 11.9 Å². The lowest BCUT2D eigenvalue weighted by Crippen LogP contribution is -2.65. The maximum atomic E-state index is 11.3. The normalized spacial score (nSPS) is 18.3. The first-order valence-corrected chi connectivity index (χ1v) is 6.01. The number of quaternary nitrogens is 1. The fourth-order valence-corrected chi connectivity index (χ4v) is 2.35. The fraction of sp³-hybridized carbons (Fsp3) is 0.385. The van der Waals surface area contributed by atoms with Gasteiger partial charge in [0.25, 0.3) is 0 Å². The number of hydrogen-bond donors (Lipinski definition) is 1. The van der Waals surface area contributed by atoms with Crippen LogP contribution < -0.4 is 10.5 Å². The number of carbonyl (C=O) groups is 2. The van der Waals surface area contributed by atoms with Gasteiger partial charge < -0.3 is 9.90 Å². The number of ketones is 1. The second kappa shape index (κ2) is 5.18. The molecular formula is C13H16N2O3. The molecular weight excluding hydrogens is 232 g/mol. The van der Waals surface area contributed by atoms with Gasteiger partial charge in [0.1, 0.15) is 25.4 Å². The highest BCUT2D eigenvalue weighted by Gasteiger charge is 2.34. The smallest absolute Gasteiger partial charge is 0.185 e. The van der Waals surface area contributed by atoms with Gasteiger partial charge in [-0.05, 0) is 0 Å². The first-order valence-electron chi connectivity index (χ1n) is 6.01. The summed E-state index contributed by atoms with van der Waals surface area (Å²) in [6, 6.07) is 9.65. The summed E-state index contributed by atoms with van der Waals surface area (Å²) in [4.78, 5) is 22.1. The van der Waals surface area contributed by atoms with E-state index in [2.05, 4.69) is 5.43 Å². The summed E-state index contributed by atoms with van der Waals surface area (Å²) in [5.41, 5.74) is 3.50. The Kier molecular flexibility index (Phi) is 3.62. The molecule has 0 saturated carbocycles. The van der Waals surface area contributed by atoms with Gasteiger partial charge in [-0.25, -0.2) is 10.0 Å². The molecule has 0 atom stereocenters. The zero-order valence-corrected chi connectivity index (χ0v) is 10.1. The van der Waals surface area contributed by atoms with Gasteiger partial charge in [-0.15, -0.1) is 0 Å². The van der Waals surface area contributed by atoms with Gasteiger partial charge in [-0.1, -0.05) is 30.3 Å². The van der Waals surface area contributed by atoms with Crippen LogP contribution in [0.5, 0.6) is 0 Å². The Morgan fingerprint density at radius 1 is 1.22 bits per heavy atom. The van der Waals surface area contributed by atoms with Crippen LogP contribution >= 0.6 is 0 Å². The van der Waals surface area contributed by atoms with Crippen LogP contribution in [0, 0.1) is 0 Å². The van der Waals surface area contributed by atoms with Crippen LogP contribution in [0.3, 0.4) is 0 Å². The maximum absolute atomic E-state index is 11.3. The van der Waals surface area contributed by atoms with Gasteiger partial charge in [-0.3, -0.25) is 4.79 Å². The van der Waals surface area contributed by atoms with Crippen molar-refractivity contribution in [3.8, 4) is 0 Å². The van der Waals surface area contributed by atoms with E-state index >= 15 is 0 Å². The maximum Gasteiger partial charge on any atom is 0.185 e. The predicted octanol–water partition coefficient (Wildman–Crippen LogP) is 0.214. The van der Waals surface area contributed by atoms with Crippen molar-refractivity contribution in [1.29, 1.82) is 0 Å². The average molecular weight is 248 g/mol. The van der Waals surface area contributed by atoms with Crippen molar-refractivity contribution in [2.24, 2.45) is 0 Å². The van der Waals surface area contributed by atoms with E-state index in [0.717, 1.165) is 5.56 Å². The highest BCUT2D eigenvalue weighted by atomic mass is 16.4. The summed E-state index contributed by atoms with van der Waals surface area (Å²) < 4.78 is 0.179. The molecule has 5 nitrogen and oxygen atoms in total. The predicted molar refractivity (Wildman–Crippen MR) is 62.9 cm³/mol. The van der Waals surface area contributed by atoms with E-state index in [9.17, 15) is 14.7 Å². The van der Waals surface area contributed by atoms with Gasteiger partial charge >= 0.3 is 0 Å². The zero-order chi connectivity index (χ0) is 13.0. The summed E-state index contributed by atoms with van der Waals surface area (Å²) in [7, 11) is 0. The summed E-state index contributed by atoms with van der Waals surface area (Å²) in [5.74, 6) is 0.192. The molecule has 1 saturated heterocycles. The van der Waals surface area contributed by atoms with Crippen molar-refractivity contribution in [3.05, 3.63) is 35.9 Å². The minimum absolute atomic E-state index is 0.179. The Balaban J connectivity index is 2.15. The molecule has 1 aliphatic heterocycles. The van der Waals surface area contributed by atoms with Crippen molar-refractivity contribution in [3.63, 3.8) is 0 Å². The van der Waals surface area contributed by atoms with Crippen LogP contribution in [0.15, 0.2) is 30.3 Å². The lowest BCUT2D eigenvalue weighted by Gasteiger charge is -2.40. The van der Waals surface area contributed by atoms with E-state index in [1.54, 1.807) is 0 Å². The second-order valence-corrected chi connectivity index (χ2v) is 4.67. The van der Waals surface area contributed by atoms with Gasteiger partial charge in [0.2, 0.25) is 0 Å². The lowest BCUT2D eigenvalue weighted by molar-refractivity contribution is -0.976. The minimum Gasteiger partial charge on any atom is -0.526 e. The molecule has 96 valence electrons. The third-order valence-corrected chi connectivity index (χ3v) is 3.29. The largest absolute Gasteiger partial charge is 0.526 e. The highest BCUT2D eigenvalue weighted by Crippen LogP contribution is 2.18.